The van der Waals surface area contributed by atoms with E-state index in [9.17, 15) is 22.3 Å². The summed E-state index contributed by atoms with van der Waals surface area (Å²) >= 11 is 0. The second-order valence-electron chi connectivity index (χ2n) is 5.90. The molecule has 1 N–H and O–H groups in total. The Morgan fingerprint density at radius 2 is 1.77 bits per heavy atom. The van der Waals surface area contributed by atoms with Gasteiger partial charge in [0.05, 0.1) is 5.56 Å². The van der Waals surface area contributed by atoms with Crippen molar-refractivity contribution in [3.63, 3.8) is 0 Å². The molecule has 0 saturated heterocycles. The van der Waals surface area contributed by atoms with Crippen molar-refractivity contribution in [2.45, 2.75) is 18.4 Å². The summed E-state index contributed by atoms with van der Waals surface area (Å²) in [5.74, 6) is -2.42. The maximum atomic E-state index is 14.3. The lowest BCUT2D eigenvalue weighted by Gasteiger charge is -2.08. The van der Waals surface area contributed by atoms with Crippen molar-refractivity contribution in [1.29, 1.82) is 0 Å². The van der Waals surface area contributed by atoms with E-state index < -0.39 is 33.0 Å². The van der Waals surface area contributed by atoms with Crippen LogP contribution in [0.3, 0.4) is 0 Å². The molecule has 0 saturated carbocycles. The molecule has 8 heteroatoms. The van der Waals surface area contributed by atoms with Crippen LogP contribution in [-0.4, -0.2) is 24.9 Å². The summed E-state index contributed by atoms with van der Waals surface area (Å²) in [6.45, 7) is 1.33. The number of aryl methyl sites for hydroxylation is 1. The summed E-state index contributed by atoms with van der Waals surface area (Å²) in [6.07, 6.45) is 0.727. The van der Waals surface area contributed by atoms with Crippen LogP contribution in [0.1, 0.15) is 11.3 Å². The highest BCUT2D eigenvalue weighted by atomic mass is 32.2. The first-order chi connectivity index (χ1) is 12.2. The summed E-state index contributed by atoms with van der Waals surface area (Å²) in [6, 6.07) is 8.99. The molecule has 0 spiro atoms. The van der Waals surface area contributed by atoms with E-state index in [1.54, 1.807) is 18.2 Å². The van der Waals surface area contributed by atoms with Crippen molar-refractivity contribution in [2.24, 2.45) is 0 Å². The van der Waals surface area contributed by atoms with E-state index in [4.69, 9.17) is 4.52 Å². The Morgan fingerprint density at radius 1 is 1.12 bits per heavy atom. The topological polar surface area (TPSA) is 80.4 Å². The van der Waals surface area contributed by atoms with Crippen LogP contribution in [0.25, 0.3) is 22.4 Å². The highest BCUT2D eigenvalue weighted by molar-refractivity contribution is 7.90. The monoisotopic (exact) mass is 379 g/mol. The normalized spacial score (nSPS) is 11.7. The predicted octanol–water partition coefficient (Wildman–Crippen LogP) is 3.49. The summed E-state index contributed by atoms with van der Waals surface area (Å²) in [5, 5.41) is 13.4. The number of benzene rings is 2. The van der Waals surface area contributed by atoms with Gasteiger partial charge in [0.1, 0.15) is 28.8 Å². The number of rotatable bonds is 4. The smallest absolute Gasteiger partial charge is 0.181 e. The molecule has 3 rings (SSSR count). The lowest BCUT2D eigenvalue weighted by Crippen LogP contribution is -2.05. The van der Waals surface area contributed by atoms with E-state index in [1.165, 1.54) is 0 Å². The van der Waals surface area contributed by atoms with E-state index in [0.29, 0.717) is 11.3 Å². The van der Waals surface area contributed by atoms with Gasteiger partial charge in [-0.3, -0.25) is 0 Å². The van der Waals surface area contributed by atoms with Crippen molar-refractivity contribution < 1.29 is 26.8 Å². The number of hydrogen-bond acceptors (Lipinski definition) is 5. The summed E-state index contributed by atoms with van der Waals surface area (Å²) in [4.78, 5) is -1.000. The standard InChI is InChI=1S/C18H15F2NO4S/c1-10-4-3-5-11(6-10)17-16(15(9-22)25-21-17)12-7-13(19)18(14(20)8-12)26(2,23)24/h3-8,22H,9H2,1-2H3. The van der Waals surface area contributed by atoms with Gasteiger partial charge in [0, 0.05) is 11.8 Å². The molecule has 0 atom stereocenters. The second-order valence-corrected chi connectivity index (χ2v) is 7.85. The Labute approximate surface area is 148 Å². The molecular weight excluding hydrogens is 364 g/mol. The van der Waals surface area contributed by atoms with Crippen molar-refractivity contribution >= 4 is 9.84 Å². The molecule has 0 amide bonds. The molecule has 0 aliphatic rings. The van der Waals surface area contributed by atoms with Crippen LogP contribution < -0.4 is 0 Å². The number of aliphatic hydroxyl groups excluding tert-OH is 1. The van der Waals surface area contributed by atoms with Gasteiger partial charge in [-0.15, -0.1) is 0 Å². The van der Waals surface area contributed by atoms with Gasteiger partial charge in [0.25, 0.3) is 0 Å². The predicted molar refractivity (Wildman–Crippen MR) is 91.1 cm³/mol. The lowest BCUT2D eigenvalue weighted by atomic mass is 9.98. The van der Waals surface area contributed by atoms with Gasteiger partial charge in [-0.2, -0.15) is 0 Å². The molecule has 0 aliphatic carbocycles. The average molecular weight is 379 g/mol. The third-order valence-electron chi connectivity index (χ3n) is 3.86. The van der Waals surface area contributed by atoms with Crippen molar-refractivity contribution in [3.05, 3.63) is 59.4 Å². The van der Waals surface area contributed by atoms with Crippen LogP contribution in [0.4, 0.5) is 8.78 Å². The first kappa shape index (κ1) is 18.2. The first-order valence-electron chi connectivity index (χ1n) is 7.58. The van der Waals surface area contributed by atoms with Crippen molar-refractivity contribution in [1.82, 2.24) is 5.16 Å². The number of nitrogens with zero attached hydrogens (tertiary/aromatic N) is 1. The quantitative estimate of drug-likeness (QED) is 0.751. The SMILES string of the molecule is Cc1cccc(-c2noc(CO)c2-c2cc(F)c(S(C)(=O)=O)c(F)c2)c1. The number of aliphatic hydroxyl groups is 1. The van der Waals surface area contributed by atoms with Crippen LogP contribution in [0, 0.1) is 18.6 Å². The van der Waals surface area contributed by atoms with Gasteiger partial charge in [0.2, 0.25) is 0 Å². The maximum Gasteiger partial charge on any atom is 0.181 e. The fraction of sp³-hybridized carbons (Fsp3) is 0.167. The van der Waals surface area contributed by atoms with Crippen LogP contribution >= 0.6 is 0 Å². The summed E-state index contributed by atoms with van der Waals surface area (Å²) in [7, 11) is -4.07. The highest BCUT2D eigenvalue weighted by Gasteiger charge is 2.25. The Balaban J connectivity index is 2.26. The van der Waals surface area contributed by atoms with Gasteiger partial charge in [-0.25, -0.2) is 17.2 Å². The largest absolute Gasteiger partial charge is 0.388 e. The van der Waals surface area contributed by atoms with Gasteiger partial charge in [-0.05, 0) is 30.7 Å². The van der Waals surface area contributed by atoms with Gasteiger partial charge in [0.15, 0.2) is 15.6 Å². The van der Waals surface area contributed by atoms with Crippen LogP contribution in [0.15, 0.2) is 45.8 Å². The summed E-state index contributed by atoms with van der Waals surface area (Å²) in [5.41, 5.74) is 2.09. The third-order valence-corrected chi connectivity index (χ3v) is 4.99. The fourth-order valence-corrected chi connectivity index (χ4v) is 3.60. The molecule has 136 valence electrons. The number of aromatic nitrogens is 1. The van der Waals surface area contributed by atoms with Crippen LogP contribution in [0.2, 0.25) is 0 Å². The minimum absolute atomic E-state index is 0.0208. The summed E-state index contributed by atoms with van der Waals surface area (Å²) < 4.78 is 56.8. The number of hydrogen-bond donors (Lipinski definition) is 1. The molecule has 0 radical (unpaired) electrons. The van der Waals surface area contributed by atoms with Crippen molar-refractivity contribution in [2.75, 3.05) is 6.26 Å². The maximum absolute atomic E-state index is 14.3. The second kappa shape index (κ2) is 6.62. The first-order valence-corrected chi connectivity index (χ1v) is 9.47. The number of sulfone groups is 1. The van der Waals surface area contributed by atoms with Crippen molar-refractivity contribution in [3.8, 4) is 22.4 Å². The molecule has 0 bridgehead atoms. The van der Waals surface area contributed by atoms with Gasteiger partial charge >= 0.3 is 0 Å². The zero-order chi connectivity index (χ0) is 19.1. The molecule has 5 nitrogen and oxygen atoms in total. The minimum Gasteiger partial charge on any atom is -0.388 e. The molecule has 2 aromatic carbocycles. The zero-order valence-electron chi connectivity index (χ0n) is 14.0. The van der Waals surface area contributed by atoms with E-state index in [2.05, 4.69) is 5.16 Å². The zero-order valence-corrected chi connectivity index (χ0v) is 14.8. The molecular formula is C18H15F2NO4S. The minimum atomic E-state index is -4.07. The molecule has 26 heavy (non-hydrogen) atoms. The van der Waals surface area contributed by atoms with E-state index in [1.807, 2.05) is 13.0 Å². The molecule has 1 heterocycles. The van der Waals surface area contributed by atoms with Gasteiger partial charge in [-0.1, -0.05) is 28.9 Å². The van der Waals surface area contributed by atoms with Crippen LogP contribution in [0.5, 0.6) is 0 Å². The lowest BCUT2D eigenvalue weighted by molar-refractivity contribution is 0.230. The van der Waals surface area contributed by atoms with Crippen LogP contribution in [-0.2, 0) is 16.4 Å². The highest BCUT2D eigenvalue weighted by Crippen LogP contribution is 2.37. The molecule has 3 aromatic rings. The molecule has 1 aromatic heterocycles. The van der Waals surface area contributed by atoms with E-state index in [-0.39, 0.29) is 16.9 Å². The Hall–Kier alpha value is -2.58. The third kappa shape index (κ3) is 3.25. The van der Waals surface area contributed by atoms with E-state index >= 15 is 0 Å². The van der Waals surface area contributed by atoms with Gasteiger partial charge < -0.3 is 9.63 Å². The molecule has 0 fully saturated rings. The Kier molecular flexibility index (Phi) is 4.64. The average Bonchev–Trinajstić information content (AvgIpc) is 2.96. The fourth-order valence-electron chi connectivity index (χ4n) is 2.78. The number of halogens is 2. The Morgan fingerprint density at radius 3 is 2.31 bits per heavy atom. The Bertz CT molecular complexity index is 1070. The van der Waals surface area contributed by atoms with E-state index in [0.717, 1.165) is 24.0 Å². The molecule has 0 unspecified atom stereocenters. The molecule has 0 aliphatic heterocycles.